The Morgan fingerprint density at radius 2 is 2.35 bits per heavy atom. The molecule has 3 atom stereocenters. The molecule has 7 nitrogen and oxygen atoms in total. The number of carboxylic acid groups (broad SMARTS) is 1. The average Bonchev–Trinajstić information content (AvgIpc) is 3.09. The minimum Gasteiger partial charge on any atom is -0.481 e. The first-order valence-electron chi connectivity index (χ1n) is 6.77. The van der Waals surface area contributed by atoms with Crippen molar-refractivity contribution in [2.75, 3.05) is 0 Å². The second-order valence-electron chi connectivity index (χ2n) is 5.47. The van der Waals surface area contributed by atoms with Gasteiger partial charge in [0, 0.05) is 18.2 Å². The lowest BCUT2D eigenvalue weighted by molar-refractivity contribution is -0.142. The number of carbonyl (C=O) groups excluding carboxylic acids is 1. The Morgan fingerprint density at radius 3 is 2.95 bits per heavy atom. The number of carboxylic acids is 1. The van der Waals surface area contributed by atoms with Gasteiger partial charge < -0.3 is 19.8 Å². The van der Waals surface area contributed by atoms with Gasteiger partial charge in [0.1, 0.15) is 11.5 Å². The second kappa shape index (κ2) is 4.81. The molecule has 0 spiro atoms. The predicted octanol–water partition coefficient (Wildman–Crippen LogP) is 1.13. The third kappa shape index (κ3) is 2.13. The van der Waals surface area contributed by atoms with Gasteiger partial charge in [-0.25, -0.2) is 4.79 Å². The third-order valence-corrected chi connectivity index (χ3v) is 4.19. The highest BCUT2D eigenvalue weighted by Crippen LogP contribution is 2.41. The Balaban J connectivity index is 1.62. The molecule has 2 aliphatic heterocycles. The SMILES string of the molecule is Cc1cc(CNC(=O)N2C3CCC2C(C(=O)O)C3)no1. The van der Waals surface area contributed by atoms with Crippen molar-refractivity contribution in [3.8, 4) is 0 Å². The van der Waals surface area contributed by atoms with Gasteiger partial charge in [0.05, 0.1) is 12.5 Å². The van der Waals surface area contributed by atoms with Crippen LogP contribution in [0.1, 0.15) is 30.7 Å². The molecule has 108 valence electrons. The second-order valence-corrected chi connectivity index (χ2v) is 5.47. The van der Waals surface area contributed by atoms with E-state index < -0.39 is 11.9 Å². The van der Waals surface area contributed by atoms with Crippen molar-refractivity contribution >= 4 is 12.0 Å². The standard InChI is InChI=1S/C13H17N3O4/c1-7-4-8(15-20-7)6-14-13(19)16-9-2-3-11(16)10(5-9)12(17)18/h4,9-11H,2-3,5-6H2,1H3,(H,14,19)(H,17,18). The summed E-state index contributed by atoms with van der Waals surface area (Å²) in [6, 6.07) is 1.44. The van der Waals surface area contributed by atoms with E-state index in [9.17, 15) is 9.59 Å². The molecule has 2 bridgehead atoms. The van der Waals surface area contributed by atoms with Crippen LogP contribution in [0.2, 0.25) is 0 Å². The molecule has 2 saturated heterocycles. The number of amides is 2. The maximum absolute atomic E-state index is 12.2. The van der Waals surface area contributed by atoms with Gasteiger partial charge in [0.15, 0.2) is 0 Å². The number of aromatic nitrogens is 1. The average molecular weight is 279 g/mol. The molecule has 0 radical (unpaired) electrons. The van der Waals surface area contributed by atoms with Crippen LogP contribution in [0.5, 0.6) is 0 Å². The van der Waals surface area contributed by atoms with Crippen LogP contribution < -0.4 is 5.32 Å². The number of aryl methyl sites for hydroxylation is 1. The van der Waals surface area contributed by atoms with Gasteiger partial charge in [-0.1, -0.05) is 5.16 Å². The number of carbonyl (C=O) groups is 2. The zero-order valence-electron chi connectivity index (χ0n) is 11.2. The van der Waals surface area contributed by atoms with E-state index >= 15 is 0 Å². The van der Waals surface area contributed by atoms with E-state index in [4.69, 9.17) is 9.63 Å². The number of fused-ring (bicyclic) bond motifs is 2. The Kier molecular flexibility index (Phi) is 3.11. The zero-order valence-corrected chi connectivity index (χ0v) is 11.2. The summed E-state index contributed by atoms with van der Waals surface area (Å²) in [7, 11) is 0. The van der Waals surface area contributed by atoms with Crippen LogP contribution >= 0.6 is 0 Å². The lowest BCUT2D eigenvalue weighted by atomic mass is 9.89. The van der Waals surface area contributed by atoms with Gasteiger partial charge in [0.2, 0.25) is 0 Å². The van der Waals surface area contributed by atoms with Crippen LogP contribution in [0, 0.1) is 12.8 Å². The maximum Gasteiger partial charge on any atom is 0.318 e. The molecule has 20 heavy (non-hydrogen) atoms. The number of nitrogens with zero attached hydrogens (tertiary/aromatic N) is 2. The molecule has 2 amide bonds. The van der Waals surface area contributed by atoms with E-state index in [1.54, 1.807) is 17.9 Å². The van der Waals surface area contributed by atoms with E-state index in [0.717, 1.165) is 12.8 Å². The summed E-state index contributed by atoms with van der Waals surface area (Å²) in [4.78, 5) is 25.1. The summed E-state index contributed by atoms with van der Waals surface area (Å²) in [5.41, 5.74) is 0.664. The van der Waals surface area contributed by atoms with Crippen LogP contribution in [0.15, 0.2) is 10.6 Å². The first kappa shape index (κ1) is 13.0. The minimum absolute atomic E-state index is 0.0557. The molecule has 3 heterocycles. The van der Waals surface area contributed by atoms with E-state index in [0.29, 0.717) is 24.4 Å². The molecule has 0 aliphatic carbocycles. The first-order chi connectivity index (χ1) is 9.56. The fourth-order valence-corrected chi connectivity index (χ4v) is 3.33. The Hall–Kier alpha value is -2.05. The highest BCUT2D eigenvalue weighted by molar-refractivity contribution is 5.79. The molecule has 2 fully saturated rings. The highest BCUT2D eigenvalue weighted by Gasteiger charge is 2.51. The number of aliphatic carboxylic acids is 1. The number of urea groups is 1. The monoisotopic (exact) mass is 279 g/mol. The zero-order chi connectivity index (χ0) is 14.3. The number of rotatable bonds is 3. The van der Waals surface area contributed by atoms with Gasteiger partial charge in [0.25, 0.3) is 0 Å². The number of hydrogen-bond donors (Lipinski definition) is 2. The van der Waals surface area contributed by atoms with Crippen molar-refractivity contribution in [1.82, 2.24) is 15.4 Å². The van der Waals surface area contributed by atoms with Crippen LogP contribution in [0.3, 0.4) is 0 Å². The smallest absolute Gasteiger partial charge is 0.318 e. The van der Waals surface area contributed by atoms with Crippen molar-refractivity contribution < 1.29 is 19.2 Å². The Morgan fingerprint density at radius 1 is 1.55 bits per heavy atom. The van der Waals surface area contributed by atoms with E-state index in [1.165, 1.54) is 0 Å². The van der Waals surface area contributed by atoms with Gasteiger partial charge in [-0.15, -0.1) is 0 Å². The predicted molar refractivity (Wildman–Crippen MR) is 67.9 cm³/mol. The largest absolute Gasteiger partial charge is 0.481 e. The summed E-state index contributed by atoms with van der Waals surface area (Å²) < 4.78 is 4.93. The highest BCUT2D eigenvalue weighted by atomic mass is 16.5. The Labute approximate surface area is 115 Å². The lowest BCUT2D eigenvalue weighted by Crippen LogP contribution is -2.44. The van der Waals surface area contributed by atoms with Gasteiger partial charge in [-0.2, -0.15) is 0 Å². The summed E-state index contributed by atoms with van der Waals surface area (Å²) >= 11 is 0. The molecule has 0 aromatic carbocycles. The lowest BCUT2D eigenvalue weighted by Gasteiger charge is -2.23. The molecule has 0 saturated carbocycles. The molecule has 3 unspecified atom stereocenters. The molecule has 1 aromatic heterocycles. The van der Waals surface area contributed by atoms with E-state index in [1.807, 2.05) is 0 Å². The molecule has 2 N–H and O–H groups in total. The fraction of sp³-hybridized carbons (Fsp3) is 0.615. The van der Waals surface area contributed by atoms with Crippen LogP contribution in [0.4, 0.5) is 4.79 Å². The van der Waals surface area contributed by atoms with Crippen molar-refractivity contribution in [1.29, 1.82) is 0 Å². The molecular weight excluding hydrogens is 262 g/mol. The summed E-state index contributed by atoms with van der Waals surface area (Å²) in [6.07, 6.45) is 2.24. The number of nitrogens with one attached hydrogen (secondary N) is 1. The van der Waals surface area contributed by atoms with Crippen LogP contribution in [0.25, 0.3) is 0 Å². The van der Waals surface area contributed by atoms with Crippen molar-refractivity contribution in [2.24, 2.45) is 5.92 Å². The first-order valence-corrected chi connectivity index (χ1v) is 6.77. The van der Waals surface area contributed by atoms with Crippen molar-refractivity contribution in [3.05, 3.63) is 17.5 Å². The normalized spacial score (nSPS) is 27.9. The van der Waals surface area contributed by atoms with Gasteiger partial charge in [-0.05, 0) is 26.2 Å². The third-order valence-electron chi connectivity index (χ3n) is 4.19. The molecule has 3 rings (SSSR count). The number of hydrogen-bond acceptors (Lipinski definition) is 4. The summed E-state index contributed by atoms with van der Waals surface area (Å²) in [5.74, 6) is -0.530. The van der Waals surface area contributed by atoms with E-state index in [-0.39, 0.29) is 18.1 Å². The summed E-state index contributed by atoms with van der Waals surface area (Å²) in [5, 5.41) is 15.8. The summed E-state index contributed by atoms with van der Waals surface area (Å²) in [6.45, 7) is 2.08. The molecule has 7 heteroatoms. The minimum atomic E-state index is -0.804. The van der Waals surface area contributed by atoms with Crippen molar-refractivity contribution in [2.45, 2.75) is 44.8 Å². The Bertz CT molecular complexity index is 541. The quantitative estimate of drug-likeness (QED) is 0.864. The molecular formula is C13H17N3O4. The molecule has 2 aliphatic rings. The van der Waals surface area contributed by atoms with Gasteiger partial charge in [-0.3, -0.25) is 4.79 Å². The maximum atomic E-state index is 12.2. The van der Waals surface area contributed by atoms with Crippen LogP contribution in [-0.2, 0) is 11.3 Å². The molecule has 1 aromatic rings. The van der Waals surface area contributed by atoms with Crippen molar-refractivity contribution in [3.63, 3.8) is 0 Å². The van der Waals surface area contributed by atoms with Gasteiger partial charge >= 0.3 is 12.0 Å². The topological polar surface area (TPSA) is 95.7 Å². The fourth-order valence-electron chi connectivity index (χ4n) is 3.33. The van der Waals surface area contributed by atoms with E-state index in [2.05, 4.69) is 10.5 Å². The van der Waals surface area contributed by atoms with Crippen LogP contribution in [-0.4, -0.2) is 39.2 Å².